The summed E-state index contributed by atoms with van der Waals surface area (Å²) < 4.78 is 2.46. The van der Waals surface area contributed by atoms with Gasteiger partial charge in [0.2, 0.25) is 5.91 Å². The van der Waals surface area contributed by atoms with E-state index >= 15 is 0 Å². The number of hydrogen-bond donors (Lipinski definition) is 1. The molecule has 2 heterocycles. The molecule has 2 aromatic carbocycles. The van der Waals surface area contributed by atoms with Crippen molar-refractivity contribution in [2.75, 3.05) is 5.32 Å². The zero-order valence-electron chi connectivity index (χ0n) is 14.2. The van der Waals surface area contributed by atoms with Crippen LogP contribution < -0.4 is 10.9 Å². The van der Waals surface area contributed by atoms with Gasteiger partial charge in [-0.05, 0) is 36.8 Å². The van der Waals surface area contributed by atoms with Crippen LogP contribution in [-0.2, 0) is 11.3 Å². The largest absolute Gasteiger partial charge is 0.302 e. The van der Waals surface area contributed by atoms with Crippen LogP contribution in [0.5, 0.6) is 0 Å². The molecule has 1 N–H and O–H groups in total. The van der Waals surface area contributed by atoms with Crippen molar-refractivity contribution < 1.29 is 4.79 Å². The van der Waals surface area contributed by atoms with Gasteiger partial charge in [-0.15, -0.1) is 0 Å². The zero-order valence-corrected chi connectivity index (χ0v) is 15.8. The Labute approximate surface area is 163 Å². The quantitative estimate of drug-likeness (QED) is 0.549. The summed E-state index contributed by atoms with van der Waals surface area (Å²) in [7, 11) is 0. The molecule has 0 aliphatic carbocycles. The Morgan fingerprint density at radius 2 is 2.04 bits per heavy atom. The number of para-hydroxylation sites is 1. The fourth-order valence-corrected chi connectivity index (χ4v) is 3.97. The van der Waals surface area contributed by atoms with Gasteiger partial charge in [-0.3, -0.25) is 14.2 Å². The summed E-state index contributed by atoms with van der Waals surface area (Å²) in [4.78, 5) is 33.2. The van der Waals surface area contributed by atoms with Crippen LogP contribution in [0.2, 0.25) is 5.02 Å². The molecule has 8 heteroatoms. The molecule has 0 atom stereocenters. The second kappa shape index (κ2) is 7.46. The average Bonchev–Trinajstić information content (AvgIpc) is 3.05. The minimum Gasteiger partial charge on any atom is -0.302 e. The molecule has 4 aromatic rings. The van der Waals surface area contributed by atoms with Gasteiger partial charge in [0, 0.05) is 18.0 Å². The summed E-state index contributed by atoms with van der Waals surface area (Å²) in [5, 5.41) is 4.57. The first kappa shape index (κ1) is 17.6. The predicted molar refractivity (Wildman–Crippen MR) is 108 cm³/mol. The lowest BCUT2D eigenvalue weighted by Crippen LogP contribution is -2.21. The summed E-state index contributed by atoms with van der Waals surface area (Å²) in [5.41, 5.74) is 1.38. The summed E-state index contributed by atoms with van der Waals surface area (Å²) in [6.45, 7) is 0.430. The van der Waals surface area contributed by atoms with Gasteiger partial charge in [0.25, 0.3) is 5.56 Å². The van der Waals surface area contributed by atoms with E-state index in [9.17, 15) is 9.59 Å². The van der Waals surface area contributed by atoms with Crippen molar-refractivity contribution >= 4 is 55.1 Å². The monoisotopic (exact) mass is 398 g/mol. The number of anilines is 1. The standard InChI is InChI=1S/C19H15ClN4O2S/c20-12-7-8-15-16(10-12)27-19(22-15)23-17(25)6-3-9-24-11-21-14-5-2-1-4-13(14)18(24)26/h1-2,4-5,7-8,10-11H,3,6,9H2,(H,22,23,25). The van der Waals surface area contributed by atoms with E-state index in [0.717, 1.165) is 10.2 Å². The maximum Gasteiger partial charge on any atom is 0.261 e. The van der Waals surface area contributed by atoms with Crippen molar-refractivity contribution in [3.05, 3.63) is 64.2 Å². The number of rotatable bonds is 5. The topological polar surface area (TPSA) is 76.9 Å². The molecule has 1 amide bonds. The number of hydrogen-bond acceptors (Lipinski definition) is 5. The average molecular weight is 399 g/mol. The van der Waals surface area contributed by atoms with Crippen LogP contribution in [0.4, 0.5) is 5.13 Å². The van der Waals surface area contributed by atoms with Gasteiger partial charge in [-0.1, -0.05) is 35.1 Å². The Balaban J connectivity index is 1.38. The lowest BCUT2D eigenvalue weighted by molar-refractivity contribution is -0.116. The van der Waals surface area contributed by atoms with Gasteiger partial charge in [0.15, 0.2) is 5.13 Å². The summed E-state index contributed by atoms with van der Waals surface area (Å²) >= 11 is 7.35. The second-order valence-electron chi connectivity index (χ2n) is 6.04. The zero-order chi connectivity index (χ0) is 18.8. The number of aryl methyl sites for hydroxylation is 1. The number of aromatic nitrogens is 3. The number of nitrogens with one attached hydrogen (secondary N) is 1. The summed E-state index contributed by atoms with van der Waals surface area (Å²) in [6.07, 6.45) is 2.35. The third kappa shape index (κ3) is 3.84. The van der Waals surface area contributed by atoms with Gasteiger partial charge in [-0.25, -0.2) is 9.97 Å². The van der Waals surface area contributed by atoms with E-state index in [1.54, 1.807) is 18.2 Å². The molecule has 6 nitrogen and oxygen atoms in total. The van der Waals surface area contributed by atoms with Crippen molar-refractivity contribution in [1.82, 2.24) is 14.5 Å². The van der Waals surface area contributed by atoms with Gasteiger partial charge in [0.1, 0.15) is 0 Å². The maximum absolute atomic E-state index is 12.4. The summed E-state index contributed by atoms with van der Waals surface area (Å²) in [6, 6.07) is 12.6. The molecule has 0 saturated heterocycles. The third-order valence-electron chi connectivity index (χ3n) is 4.13. The number of amides is 1. The van der Waals surface area contributed by atoms with Crippen molar-refractivity contribution in [3.8, 4) is 0 Å². The Hall–Kier alpha value is -2.77. The first-order chi connectivity index (χ1) is 13.1. The van der Waals surface area contributed by atoms with E-state index in [-0.39, 0.29) is 17.9 Å². The normalized spacial score (nSPS) is 11.1. The molecule has 0 spiro atoms. The molecule has 0 saturated carbocycles. The minimum absolute atomic E-state index is 0.0935. The number of nitrogens with zero attached hydrogens (tertiary/aromatic N) is 3. The van der Waals surface area contributed by atoms with Crippen LogP contribution in [0.15, 0.2) is 53.6 Å². The minimum atomic E-state index is -0.137. The number of carbonyl (C=O) groups excluding carboxylic acids is 1. The van der Waals surface area contributed by atoms with Gasteiger partial charge >= 0.3 is 0 Å². The van der Waals surface area contributed by atoms with Crippen molar-refractivity contribution in [2.24, 2.45) is 0 Å². The highest BCUT2D eigenvalue weighted by atomic mass is 35.5. The molecule has 0 bridgehead atoms. The number of thiazole rings is 1. The van der Waals surface area contributed by atoms with Crippen LogP contribution in [0.1, 0.15) is 12.8 Å². The molecular formula is C19H15ClN4O2S. The fraction of sp³-hybridized carbons (Fsp3) is 0.158. The van der Waals surface area contributed by atoms with Crippen LogP contribution in [-0.4, -0.2) is 20.4 Å². The molecule has 0 radical (unpaired) electrons. The summed E-state index contributed by atoms with van der Waals surface area (Å²) in [5.74, 6) is -0.137. The molecule has 27 heavy (non-hydrogen) atoms. The van der Waals surface area contributed by atoms with Crippen LogP contribution >= 0.6 is 22.9 Å². The highest BCUT2D eigenvalue weighted by Crippen LogP contribution is 2.28. The Morgan fingerprint density at radius 3 is 2.93 bits per heavy atom. The Morgan fingerprint density at radius 1 is 1.19 bits per heavy atom. The highest BCUT2D eigenvalue weighted by molar-refractivity contribution is 7.22. The van der Waals surface area contributed by atoms with E-state index in [1.807, 2.05) is 24.3 Å². The van der Waals surface area contributed by atoms with Crippen LogP contribution in [0.3, 0.4) is 0 Å². The van der Waals surface area contributed by atoms with E-state index < -0.39 is 0 Å². The third-order valence-corrected chi connectivity index (χ3v) is 5.30. The van der Waals surface area contributed by atoms with Crippen LogP contribution in [0.25, 0.3) is 21.1 Å². The van der Waals surface area contributed by atoms with Crippen molar-refractivity contribution in [1.29, 1.82) is 0 Å². The molecule has 0 aliphatic heterocycles. The Kier molecular flexibility index (Phi) is 4.87. The van der Waals surface area contributed by atoms with E-state index in [4.69, 9.17) is 11.6 Å². The van der Waals surface area contributed by atoms with Crippen molar-refractivity contribution in [3.63, 3.8) is 0 Å². The van der Waals surface area contributed by atoms with Gasteiger partial charge < -0.3 is 5.32 Å². The molecular weight excluding hydrogens is 384 g/mol. The number of halogens is 1. The lowest BCUT2D eigenvalue weighted by atomic mass is 10.2. The molecule has 136 valence electrons. The maximum atomic E-state index is 12.4. The van der Waals surface area contributed by atoms with Crippen LogP contribution in [0, 0.1) is 0 Å². The lowest BCUT2D eigenvalue weighted by Gasteiger charge is -2.06. The number of carbonyl (C=O) groups is 1. The van der Waals surface area contributed by atoms with E-state index in [1.165, 1.54) is 22.2 Å². The van der Waals surface area contributed by atoms with E-state index in [0.29, 0.717) is 34.0 Å². The smallest absolute Gasteiger partial charge is 0.261 e. The van der Waals surface area contributed by atoms with E-state index in [2.05, 4.69) is 15.3 Å². The molecule has 0 aliphatic rings. The molecule has 2 aromatic heterocycles. The Bertz CT molecular complexity index is 1200. The molecule has 4 rings (SSSR count). The second-order valence-corrected chi connectivity index (χ2v) is 7.51. The molecule has 0 unspecified atom stereocenters. The van der Waals surface area contributed by atoms with Gasteiger partial charge in [-0.2, -0.15) is 0 Å². The predicted octanol–water partition coefficient (Wildman–Crippen LogP) is 4.08. The first-order valence-corrected chi connectivity index (χ1v) is 9.60. The number of benzene rings is 2. The highest BCUT2D eigenvalue weighted by Gasteiger charge is 2.09. The molecule has 0 fully saturated rings. The SMILES string of the molecule is O=C(CCCn1cnc2ccccc2c1=O)Nc1nc2ccc(Cl)cc2s1. The van der Waals surface area contributed by atoms with Gasteiger partial charge in [0.05, 0.1) is 27.4 Å². The fourth-order valence-electron chi connectivity index (χ4n) is 2.81. The van der Waals surface area contributed by atoms with Crippen molar-refractivity contribution in [2.45, 2.75) is 19.4 Å². The number of fused-ring (bicyclic) bond motifs is 2. The first-order valence-electron chi connectivity index (χ1n) is 8.40.